The molecule has 1 unspecified atom stereocenters. The fourth-order valence-corrected chi connectivity index (χ4v) is 1.49. The molecule has 1 aromatic rings. The first-order valence-corrected chi connectivity index (χ1v) is 5.13. The largest absolute Gasteiger partial charge is 0.496 e. The summed E-state index contributed by atoms with van der Waals surface area (Å²) in [7, 11) is 1.55. The Bertz CT molecular complexity index is 336. The highest BCUT2D eigenvalue weighted by Crippen LogP contribution is 2.19. The molecule has 0 saturated heterocycles. The van der Waals surface area contributed by atoms with E-state index in [1.54, 1.807) is 19.2 Å². The highest BCUT2D eigenvalue weighted by atomic mass is 16.5. The third-order valence-corrected chi connectivity index (χ3v) is 2.31. The molecule has 82 valence electrons. The second-order valence-corrected chi connectivity index (χ2v) is 3.46. The van der Waals surface area contributed by atoms with Gasteiger partial charge in [-0.1, -0.05) is 25.5 Å². The lowest BCUT2D eigenvalue weighted by Crippen LogP contribution is -2.30. The summed E-state index contributed by atoms with van der Waals surface area (Å²) < 4.78 is 5.12. The molecule has 0 bridgehead atoms. The molecule has 0 amide bonds. The number of methoxy groups -OCH3 is 1. The molecule has 0 saturated carbocycles. The third kappa shape index (κ3) is 2.80. The van der Waals surface area contributed by atoms with Crippen molar-refractivity contribution in [3.63, 3.8) is 0 Å². The molecule has 0 spiro atoms. The Balaban J connectivity index is 2.90. The van der Waals surface area contributed by atoms with Crippen molar-refractivity contribution in [2.24, 2.45) is 5.73 Å². The lowest BCUT2D eigenvalue weighted by atomic mass is 10.0. The van der Waals surface area contributed by atoms with Gasteiger partial charge in [0, 0.05) is 0 Å². The number of carbonyl (C=O) groups is 1. The van der Waals surface area contributed by atoms with E-state index in [1.165, 1.54) is 0 Å². The number of carbonyl (C=O) groups excluding carboxylic acids is 1. The minimum atomic E-state index is -0.425. The Kier molecular flexibility index (Phi) is 4.31. The second-order valence-electron chi connectivity index (χ2n) is 3.46. The molecule has 0 heterocycles. The summed E-state index contributed by atoms with van der Waals surface area (Å²) in [4.78, 5) is 11.9. The molecule has 0 fully saturated rings. The van der Waals surface area contributed by atoms with Crippen LogP contribution in [0.15, 0.2) is 24.3 Å². The summed E-state index contributed by atoms with van der Waals surface area (Å²) in [5.74, 6) is 0.545. The molecule has 0 aliphatic rings. The van der Waals surface area contributed by atoms with Gasteiger partial charge in [0.2, 0.25) is 0 Å². The van der Waals surface area contributed by atoms with E-state index in [9.17, 15) is 4.79 Å². The van der Waals surface area contributed by atoms with Gasteiger partial charge >= 0.3 is 0 Å². The zero-order valence-corrected chi connectivity index (χ0v) is 9.19. The van der Waals surface area contributed by atoms with E-state index in [2.05, 4.69) is 0 Å². The summed E-state index contributed by atoms with van der Waals surface area (Å²) in [6.45, 7) is 2.01. The van der Waals surface area contributed by atoms with Gasteiger partial charge in [-0.3, -0.25) is 4.79 Å². The van der Waals surface area contributed by atoms with Crippen molar-refractivity contribution in [3.05, 3.63) is 29.8 Å². The number of hydrogen-bond acceptors (Lipinski definition) is 3. The summed E-state index contributed by atoms with van der Waals surface area (Å²) in [5.41, 5.74) is 6.35. The van der Waals surface area contributed by atoms with Crippen LogP contribution in [0.4, 0.5) is 0 Å². The van der Waals surface area contributed by atoms with Gasteiger partial charge in [-0.05, 0) is 18.6 Å². The number of hydrogen-bond donors (Lipinski definition) is 1. The van der Waals surface area contributed by atoms with Gasteiger partial charge in [-0.15, -0.1) is 0 Å². The predicted octanol–water partition coefficient (Wildman–Crippen LogP) is 2.01. The Morgan fingerprint density at radius 3 is 2.73 bits per heavy atom. The third-order valence-electron chi connectivity index (χ3n) is 2.31. The summed E-state index contributed by atoms with van der Waals surface area (Å²) in [6.07, 6.45) is 1.61. The molecular weight excluding hydrogens is 190 g/mol. The summed E-state index contributed by atoms with van der Waals surface area (Å²) in [6, 6.07) is 6.74. The molecule has 0 aromatic heterocycles. The smallest absolute Gasteiger partial charge is 0.183 e. The zero-order chi connectivity index (χ0) is 11.3. The van der Waals surface area contributed by atoms with Gasteiger partial charge in [0.15, 0.2) is 5.78 Å². The van der Waals surface area contributed by atoms with Crippen molar-refractivity contribution in [3.8, 4) is 5.75 Å². The summed E-state index contributed by atoms with van der Waals surface area (Å²) in [5, 5.41) is 0. The number of ketones is 1. The van der Waals surface area contributed by atoms with E-state index in [4.69, 9.17) is 10.5 Å². The Morgan fingerprint density at radius 2 is 2.13 bits per heavy atom. The number of para-hydroxylation sites is 1. The first kappa shape index (κ1) is 11.7. The average molecular weight is 207 g/mol. The Labute approximate surface area is 90.2 Å². The number of ether oxygens (including phenoxy) is 1. The number of rotatable bonds is 5. The topological polar surface area (TPSA) is 52.3 Å². The van der Waals surface area contributed by atoms with Gasteiger partial charge in [0.1, 0.15) is 5.75 Å². The quantitative estimate of drug-likeness (QED) is 0.751. The van der Waals surface area contributed by atoms with Crippen molar-refractivity contribution >= 4 is 5.78 Å². The molecule has 0 radical (unpaired) electrons. The SMILES string of the molecule is CCCC(N)C(=O)c1ccccc1OC. The minimum Gasteiger partial charge on any atom is -0.496 e. The minimum absolute atomic E-state index is 0.0469. The lowest BCUT2D eigenvalue weighted by Gasteiger charge is -2.11. The molecule has 0 aliphatic carbocycles. The van der Waals surface area contributed by atoms with Crippen LogP contribution < -0.4 is 10.5 Å². The predicted molar refractivity (Wildman–Crippen MR) is 60.2 cm³/mol. The van der Waals surface area contributed by atoms with Gasteiger partial charge in [0.05, 0.1) is 18.7 Å². The molecule has 3 heteroatoms. The molecule has 1 aromatic carbocycles. The highest BCUT2D eigenvalue weighted by Gasteiger charge is 2.17. The van der Waals surface area contributed by atoms with Crippen LogP contribution in [-0.4, -0.2) is 18.9 Å². The van der Waals surface area contributed by atoms with Crippen LogP contribution in [0.1, 0.15) is 30.1 Å². The molecule has 2 N–H and O–H groups in total. The first-order chi connectivity index (χ1) is 7.20. The van der Waals surface area contributed by atoms with E-state index in [-0.39, 0.29) is 5.78 Å². The van der Waals surface area contributed by atoms with E-state index in [0.29, 0.717) is 17.7 Å². The van der Waals surface area contributed by atoms with Crippen molar-refractivity contribution in [1.82, 2.24) is 0 Å². The maximum absolute atomic E-state index is 11.9. The van der Waals surface area contributed by atoms with Crippen LogP contribution in [0.25, 0.3) is 0 Å². The highest BCUT2D eigenvalue weighted by molar-refractivity contribution is 6.02. The van der Waals surface area contributed by atoms with Crippen molar-refractivity contribution in [2.75, 3.05) is 7.11 Å². The fourth-order valence-electron chi connectivity index (χ4n) is 1.49. The van der Waals surface area contributed by atoms with Crippen LogP contribution in [0.3, 0.4) is 0 Å². The Hall–Kier alpha value is -1.35. The van der Waals surface area contributed by atoms with E-state index in [0.717, 1.165) is 6.42 Å². The standard InChI is InChI=1S/C12H17NO2/c1-3-6-10(13)12(14)9-7-4-5-8-11(9)15-2/h4-5,7-8,10H,3,6,13H2,1-2H3. The number of nitrogens with two attached hydrogens (primary N) is 1. The molecule has 1 rings (SSSR count). The summed E-state index contributed by atoms with van der Waals surface area (Å²) >= 11 is 0. The molecular formula is C12H17NO2. The molecule has 3 nitrogen and oxygen atoms in total. The molecule has 1 atom stereocenters. The van der Waals surface area contributed by atoms with E-state index < -0.39 is 6.04 Å². The van der Waals surface area contributed by atoms with Crippen molar-refractivity contribution in [1.29, 1.82) is 0 Å². The van der Waals surface area contributed by atoms with Gasteiger partial charge in [0.25, 0.3) is 0 Å². The number of Topliss-reactive ketones (excluding diaryl/α,β-unsaturated/α-hetero) is 1. The maximum atomic E-state index is 11.9. The average Bonchev–Trinajstić information content (AvgIpc) is 2.28. The van der Waals surface area contributed by atoms with Crippen LogP contribution in [-0.2, 0) is 0 Å². The van der Waals surface area contributed by atoms with Crippen LogP contribution in [0.2, 0.25) is 0 Å². The van der Waals surface area contributed by atoms with Crippen LogP contribution >= 0.6 is 0 Å². The normalized spacial score (nSPS) is 12.2. The zero-order valence-electron chi connectivity index (χ0n) is 9.19. The first-order valence-electron chi connectivity index (χ1n) is 5.13. The monoisotopic (exact) mass is 207 g/mol. The van der Waals surface area contributed by atoms with E-state index >= 15 is 0 Å². The van der Waals surface area contributed by atoms with Crippen LogP contribution in [0, 0.1) is 0 Å². The van der Waals surface area contributed by atoms with Gasteiger partial charge < -0.3 is 10.5 Å². The van der Waals surface area contributed by atoms with E-state index in [1.807, 2.05) is 19.1 Å². The Morgan fingerprint density at radius 1 is 1.47 bits per heavy atom. The maximum Gasteiger partial charge on any atom is 0.183 e. The van der Waals surface area contributed by atoms with Crippen LogP contribution in [0.5, 0.6) is 5.75 Å². The molecule has 15 heavy (non-hydrogen) atoms. The van der Waals surface area contributed by atoms with Crippen molar-refractivity contribution < 1.29 is 9.53 Å². The number of benzene rings is 1. The van der Waals surface area contributed by atoms with Crippen molar-refractivity contribution in [2.45, 2.75) is 25.8 Å². The van der Waals surface area contributed by atoms with Gasteiger partial charge in [-0.25, -0.2) is 0 Å². The second kappa shape index (κ2) is 5.51. The lowest BCUT2D eigenvalue weighted by molar-refractivity contribution is 0.0954. The fraction of sp³-hybridized carbons (Fsp3) is 0.417. The molecule has 0 aliphatic heterocycles. The van der Waals surface area contributed by atoms with Gasteiger partial charge in [-0.2, -0.15) is 0 Å².